The summed E-state index contributed by atoms with van der Waals surface area (Å²) in [5.74, 6) is 0. The molecule has 0 aliphatic rings. The molecule has 0 saturated carbocycles. The molecule has 2 N–H and O–H groups in total. The van der Waals surface area contributed by atoms with Gasteiger partial charge in [0.1, 0.15) is 5.69 Å². The number of hydrogen-bond acceptors (Lipinski definition) is 2. The second-order valence-electron chi connectivity index (χ2n) is 5.17. The molecular weight excluding hydrogens is 269 g/mol. The maximum absolute atomic E-state index is 6.17. The van der Waals surface area contributed by atoms with Gasteiger partial charge in [-0.05, 0) is 39.0 Å². The molecule has 0 saturated heterocycles. The van der Waals surface area contributed by atoms with Gasteiger partial charge in [-0.3, -0.25) is 4.68 Å². The summed E-state index contributed by atoms with van der Waals surface area (Å²) in [6, 6.07) is 5.29. The van der Waals surface area contributed by atoms with Crippen LogP contribution in [0.3, 0.4) is 0 Å². The van der Waals surface area contributed by atoms with Gasteiger partial charge >= 0.3 is 0 Å². The molecule has 0 bridgehead atoms. The van der Waals surface area contributed by atoms with Crippen LogP contribution >= 0.6 is 23.2 Å². The Labute approximate surface area is 117 Å². The van der Waals surface area contributed by atoms with Crippen LogP contribution in [0.4, 0.5) is 5.69 Å². The number of benzene rings is 1. The lowest BCUT2D eigenvalue weighted by Crippen LogP contribution is -2.22. The average molecular weight is 284 g/mol. The molecule has 0 radical (unpaired) electrons. The maximum atomic E-state index is 6.17. The van der Waals surface area contributed by atoms with E-state index in [9.17, 15) is 0 Å². The van der Waals surface area contributed by atoms with E-state index >= 15 is 0 Å². The highest BCUT2D eigenvalue weighted by Crippen LogP contribution is 2.33. The molecule has 0 aliphatic heterocycles. The third kappa shape index (κ3) is 2.47. The van der Waals surface area contributed by atoms with Crippen LogP contribution in [0.25, 0.3) is 11.3 Å². The van der Waals surface area contributed by atoms with Crippen LogP contribution in [0.2, 0.25) is 10.0 Å². The Hall–Kier alpha value is -1.19. The summed E-state index contributed by atoms with van der Waals surface area (Å²) in [6.45, 7) is 6.19. The summed E-state index contributed by atoms with van der Waals surface area (Å²) in [5, 5.41) is 5.65. The van der Waals surface area contributed by atoms with E-state index in [1.165, 1.54) is 0 Å². The fraction of sp³-hybridized carbons (Fsp3) is 0.308. The second-order valence-corrected chi connectivity index (χ2v) is 6.02. The van der Waals surface area contributed by atoms with Crippen molar-refractivity contribution in [2.75, 3.05) is 5.73 Å². The molecule has 0 spiro atoms. The Kier molecular flexibility index (Phi) is 3.30. The molecule has 3 nitrogen and oxygen atoms in total. The van der Waals surface area contributed by atoms with Crippen molar-refractivity contribution < 1.29 is 0 Å². The number of nitrogens with zero attached hydrogens (tertiary/aromatic N) is 2. The fourth-order valence-electron chi connectivity index (χ4n) is 1.62. The van der Waals surface area contributed by atoms with E-state index in [1.54, 1.807) is 12.1 Å². The van der Waals surface area contributed by atoms with Crippen molar-refractivity contribution in [2.45, 2.75) is 26.3 Å². The molecule has 1 aromatic heterocycles. The molecule has 0 amide bonds. The van der Waals surface area contributed by atoms with Crippen molar-refractivity contribution >= 4 is 28.9 Å². The highest BCUT2D eigenvalue weighted by Gasteiger charge is 2.18. The third-order valence-electron chi connectivity index (χ3n) is 2.62. The highest BCUT2D eigenvalue weighted by molar-refractivity contribution is 6.36. The largest absolute Gasteiger partial charge is 0.396 e. The van der Waals surface area contributed by atoms with E-state index in [4.69, 9.17) is 28.9 Å². The van der Waals surface area contributed by atoms with Crippen molar-refractivity contribution in [1.29, 1.82) is 0 Å². The van der Waals surface area contributed by atoms with E-state index < -0.39 is 0 Å². The van der Waals surface area contributed by atoms with Gasteiger partial charge in [0.2, 0.25) is 0 Å². The van der Waals surface area contributed by atoms with Crippen molar-refractivity contribution in [3.05, 3.63) is 34.4 Å². The molecule has 0 fully saturated rings. The van der Waals surface area contributed by atoms with Gasteiger partial charge in [-0.15, -0.1) is 0 Å². The second kappa shape index (κ2) is 4.48. The lowest BCUT2D eigenvalue weighted by atomic mass is 10.1. The van der Waals surface area contributed by atoms with E-state index in [2.05, 4.69) is 25.9 Å². The van der Waals surface area contributed by atoms with Crippen LogP contribution in [0.15, 0.2) is 24.4 Å². The first kappa shape index (κ1) is 13.2. The lowest BCUT2D eigenvalue weighted by Gasteiger charge is -2.18. The summed E-state index contributed by atoms with van der Waals surface area (Å²) < 4.78 is 1.84. The quantitative estimate of drug-likeness (QED) is 0.853. The molecule has 1 heterocycles. The van der Waals surface area contributed by atoms with Crippen LogP contribution in [-0.2, 0) is 5.54 Å². The van der Waals surface area contributed by atoms with Crippen molar-refractivity contribution in [3.8, 4) is 11.3 Å². The van der Waals surface area contributed by atoms with Crippen LogP contribution in [0.1, 0.15) is 20.8 Å². The minimum Gasteiger partial charge on any atom is -0.396 e. The van der Waals surface area contributed by atoms with E-state index in [0.717, 1.165) is 5.56 Å². The van der Waals surface area contributed by atoms with Gasteiger partial charge in [0.05, 0.1) is 16.2 Å². The van der Waals surface area contributed by atoms with Crippen molar-refractivity contribution in [3.63, 3.8) is 0 Å². The van der Waals surface area contributed by atoms with Crippen LogP contribution in [0.5, 0.6) is 0 Å². The average Bonchev–Trinajstić information content (AvgIpc) is 2.60. The summed E-state index contributed by atoms with van der Waals surface area (Å²) in [4.78, 5) is 0. The summed E-state index contributed by atoms with van der Waals surface area (Å²) in [6.07, 6.45) is 1.82. The van der Waals surface area contributed by atoms with E-state index in [1.807, 2.05) is 16.9 Å². The summed E-state index contributed by atoms with van der Waals surface area (Å²) >= 11 is 12.1. The summed E-state index contributed by atoms with van der Waals surface area (Å²) in [7, 11) is 0. The van der Waals surface area contributed by atoms with Gasteiger partial charge in [-0.1, -0.05) is 23.2 Å². The highest BCUT2D eigenvalue weighted by atomic mass is 35.5. The number of anilines is 1. The SMILES string of the molecule is CC(C)(C)n1cc(N)c(-c2ccc(Cl)cc2Cl)n1. The molecule has 1 aromatic carbocycles. The molecule has 5 heteroatoms. The lowest BCUT2D eigenvalue weighted by molar-refractivity contribution is 0.356. The zero-order chi connectivity index (χ0) is 13.5. The monoisotopic (exact) mass is 283 g/mol. The standard InChI is InChI=1S/C13H15Cl2N3/c1-13(2,3)18-7-11(16)12(17-18)9-5-4-8(14)6-10(9)15/h4-7H,16H2,1-3H3. The van der Waals surface area contributed by atoms with Crippen molar-refractivity contribution in [2.24, 2.45) is 0 Å². The molecule has 2 rings (SSSR count). The van der Waals surface area contributed by atoms with Gasteiger partial charge in [0.25, 0.3) is 0 Å². The third-order valence-corrected chi connectivity index (χ3v) is 3.16. The van der Waals surface area contributed by atoms with Gasteiger partial charge in [0.15, 0.2) is 0 Å². The van der Waals surface area contributed by atoms with Gasteiger partial charge in [-0.2, -0.15) is 5.10 Å². The minimum atomic E-state index is -0.120. The summed E-state index contributed by atoms with van der Waals surface area (Å²) in [5.41, 5.74) is 7.97. The minimum absolute atomic E-state index is 0.120. The number of nitrogen functional groups attached to an aromatic ring is 1. The number of hydrogen-bond donors (Lipinski definition) is 1. The molecule has 0 atom stereocenters. The topological polar surface area (TPSA) is 43.8 Å². The first-order chi connectivity index (χ1) is 8.29. The molecule has 18 heavy (non-hydrogen) atoms. The molecular formula is C13H15Cl2N3. The smallest absolute Gasteiger partial charge is 0.117 e. The predicted molar refractivity (Wildman–Crippen MR) is 77.1 cm³/mol. The Balaban J connectivity index is 2.55. The van der Waals surface area contributed by atoms with Crippen molar-refractivity contribution in [1.82, 2.24) is 9.78 Å². The van der Waals surface area contributed by atoms with E-state index in [-0.39, 0.29) is 5.54 Å². The number of aromatic nitrogens is 2. The Morgan fingerprint density at radius 2 is 1.89 bits per heavy atom. The normalized spacial score (nSPS) is 11.8. The van der Waals surface area contributed by atoms with Gasteiger partial charge in [0, 0.05) is 16.8 Å². The molecule has 0 aliphatic carbocycles. The number of nitrogens with two attached hydrogens (primary N) is 1. The Morgan fingerprint density at radius 3 is 2.39 bits per heavy atom. The van der Waals surface area contributed by atoms with Gasteiger partial charge < -0.3 is 5.73 Å². The Bertz CT molecular complexity index is 582. The molecule has 96 valence electrons. The first-order valence-electron chi connectivity index (χ1n) is 5.60. The number of rotatable bonds is 1. The maximum Gasteiger partial charge on any atom is 0.117 e. The Morgan fingerprint density at radius 1 is 1.22 bits per heavy atom. The zero-order valence-electron chi connectivity index (χ0n) is 10.5. The zero-order valence-corrected chi connectivity index (χ0v) is 12.0. The fourth-order valence-corrected chi connectivity index (χ4v) is 2.12. The molecule has 2 aromatic rings. The van der Waals surface area contributed by atoms with Crippen LogP contribution in [-0.4, -0.2) is 9.78 Å². The predicted octanol–water partition coefficient (Wildman–Crippen LogP) is 4.19. The van der Waals surface area contributed by atoms with E-state index in [0.29, 0.717) is 21.4 Å². The first-order valence-corrected chi connectivity index (χ1v) is 6.35. The van der Waals surface area contributed by atoms with Crippen LogP contribution in [0, 0.1) is 0 Å². The molecule has 0 unspecified atom stereocenters. The van der Waals surface area contributed by atoms with Gasteiger partial charge in [-0.25, -0.2) is 0 Å². The number of halogens is 2. The van der Waals surface area contributed by atoms with Crippen LogP contribution < -0.4 is 5.73 Å².